The summed E-state index contributed by atoms with van der Waals surface area (Å²) in [6.07, 6.45) is 1.47. The molecule has 1 aromatic heterocycles. The summed E-state index contributed by atoms with van der Waals surface area (Å²) < 4.78 is 6.55. The molecule has 3 rings (SSSR count). The number of fused-ring (bicyclic) bond motifs is 1. The Hall–Kier alpha value is -2.57. The van der Waals surface area contributed by atoms with Crippen molar-refractivity contribution in [2.45, 2.75) is 13.0 Å². The number of anilines is 1. The zero-order chi connectivity index (χ0) is 18.7. The molecule has 0 spiro atoms. The van der Waals surface area contributed by atoms with E-state index < -0.39 is 0 Å². The van der Waals surface area contributed by atoms with Gasteiger partial charge in [0.2, 0.25) is 5.91 Å². The second-order valence-electron chi connectivity index (χ2n) is 5.53. The van der Waals surface area contributed by atoms with Gasteiger partial charge in [-0.05, 0) is 24.3 Å². The first-order valence-corrected chi connectivity index (χ1v) is 8.52. The number of rotatable bonds is 5. The summed E-state index contributed by atoms with van der Waals surface area (Å²) in [5.74, 6) is 0.320. The van der Waals surface area contributed by atoms with Crippen LogP contribution in [0, 0.1) is 0 Å². The molecule has 8 heteroatoms. The summed E-state index contributed by atoms with van der Waals surface area (Å²) in [6, 6.07) is 10.1. The molecule has 0 bridgehead atoms. The van der Waals surface area contributed by atoms with Crippen molar-refractivity contribution in [1.82, 2.24) is 9.55 Å². The predicted octanol–water partition coefficient (Wildman–Crippen LogP) is 3.74. The summed E-state index contributed by atoms with van der Waals surface area (Å²) in [6.45, 7) is 0.174. The Balaban J connectivity index is 1.76. The minimum Gasteiger partial charge on any atom is -0.495 e. The Kier molecular flexibility index (Phi) is 5.44. The number of carbonyl (C=O) groups excluding carboxylic acids is 1. The molecule has 6 nitrogen and oxygen atoms in total. The molecule has 0 atom stereocenters. The highest BCUT2D eigenvalue weighted by Crippen LogP contribution is 2.24. The fraction of sp³-hybridized carbons (Fsp3) is 0.167. The van der Waals surface area contributed by atoms with Gasteiger partial charge in [0, 0.05) is 18.0 Å². The Morgan fingerprint density at radius 1 is 1.27 bits per heavy atom. The third-order valence-electron chi connectivity index (χ3n) is 3.81. The van der Waals surface area contributed by atoms with Gasteiger partial charge in [-0.25, -0.2) is 4.98 Å². The maximum Gasteiger partial charge on any atom is 0.261 e. The molecule has 1 N–H and O–H groups in total. The van der Waals surface area contributed by atoms with E-state index in [1.165, 1.54) is 30.1 Å². The fourth-order valence-corrected chi connectivity index (χ4v) is 3.08. The molecular formula is C18H15Cl2N3O3. The number of methoxy groups -OCH3 is 1. The van der Waals surface area contributed by atoms with Crippen LogP contribution in [0.5, 0.6) is 5.75 Å². The van der Waals surface area contributed by atoms with Crippen molar-refractivity contribution in [3.05, 3.63) is 63.1 Å². The van der Waals surface area contributed by atoms with Gasteiger partial charge in [-0.2, -0.15) is 0 Å². The lowest BCUT2D eigenvalue weighted by molar-refractivity contribution is -0.116. The van der Waals surface area contributed by atoms with E-state index in [4.69, 9.17) is 27.9 Å². The van der Waals surface area contributed by atoms with Crippen LogP contribution < -0.4 is 15.6 Å². The molecule has 1 heterocycles. The van der Waals surface area contributed by atoms with E-state index in [9.17, 15) is 9.59 Å². The second-order valence-corrected chi connectivity index (χ2v) is 6.37. The zero-order valence-electron chi connectivity index (χ0n) is 13.8. The third-order valence-corrected chi connectivity index (χ3v) is 4.31. The topological polar surface area (TPSA) is 73.2 Å². The van der Waals surface area contributed by atoms with Crippen LogP contribution in [-0.2, 0) is 11.3 Å². The lowest BCUT2D eigenvalue weighted by atomic mass is 10.2. The fourth-order valence-electron chi connectivity index (χ4n) is 2.54. The van der Waals surface area contributed by atoms with Crippen molar-refractivity contribution >= 4 is 45.7 Å². The number of hydrogen-bond donors (Lipinski definition) is 1. The van der Waals surface area contributed by atoms with Gasteiger partial charge < -0.3 is 10.1 Å². The lowest BCUT2D eigenvalue weighted by Crippen LogP contribution is -2.23. The van der Waals surface area contributed by atoms with Crippen LogP contribution in [0.1, 0.15) is 6.42 Å². The second kappa shape index (κ2) is 7.76. The quantitative estimate of drug-likeness (QED) is 0.718. The number of aromatic nitrogens is 2. The molecule has 0 aliphatic rings. The van der Waals surface area contributed by atoms with Gasteiger partial charge in [0.25, 0.3) is 5.56 Å². The van der Waals surface area contributed by atoms with Crippen molar-refractivity contribution in [2.24, 2.45) is 0 Å². The summed E-state index contributed by atoms with van der Waals surface area (Å²) in [5.41, 5.74) is 0.655. The largest absolute Gasteiger partial charge is 0.495 e. The maximum absolute atomic E-state index is 12.6. The van der Waals surface area contributed by atoms with Gasteiger partial charge in [0.15, 0.2) is 0 Å². The minimum absolute atomic E-state index is 0.0967. The van der Waals surface area contributed by atoms with Crippen molar-refractivity contribution < 1.29 is 9.53 Å². The normalized spacial score (nSPS) is 10.7. The summed E-state index contributed by atoms with van der Waals surface area (Å²) >= 11 is 12.0. The summed E-state index contributed by atoms with van der Waals surface area (Å²) in [5, 5.41) is 3.75. The van der Waals surface area contributed by atoms with E-state index in [2.05, 4.69) is 10.3 Å². The number of hydrogen-bond acceptors (Lipinski definition) is 4. The average molecular weight is 392 g/mol. The molecule has 3 aromatic rings. The molecule has 0 aliphatic carbocycles. The highest BCUT2D eigenvalue weighted by Gasteiger charge is 2.11. The molecule has 0 saturated carbocycles. The number of ether oxygens (including phenoxy) is 1. The first-order chi connectivity index (χ1) is 12.5. The number of halogens is 2. The van der Waals surface area contributed by atoms with E-state index >= 15 is 0 Å². The van der Waals surface area contributed by atoms with Gasteiger partial charge in [0.1, 0.15) is 5.75 Å². The number of aryl methyl sites for hydroxylation is 1. The molecule has 1 amide bonds. The maximum atomic E-state index is 12.6. The smallest absolute Gasteiger partial charge is 0.261 e. The van der Waals surface area contributed by atoms with Gasteiger partial charge in [0.05, 0.1) is 35.1 Å². The molecule has 0 fully saturated rings. The third kappa shape index (κ3) is 3.81. The van der Waals surface area contributed by atoms with E-state index in [0.717, 1.165) is 0 Å². The van der Waals surface area contributed by atoms with Crippen LogP contribution in [0.4, 0.5) is 5.69 Å². The Morgan fingerprint density at radius 3 is 2.81 bits per heavy atom. The van der Waals surface area contributed by atoms with Crippen LogP contribution in [0.3, 0.4) is 0 Å². The van der Waals surface area contributed by atoms with Crippen molar-refractivity contribution in [3.8, 4) is 5.75 Å². The van der Waals surface area contributed by atoms with Gasteiger partial charge >= 0.3 is 0 Å². The average Bonchev–Trinajstić information content (AvgIpc) is 2.62. The molecule has 2 aromatic carbocycles. The highest BCUT2D eigenvalue weighted by molar-refractivity contribution is 6.38. The standard InChI is InChI=1S/C18H15Cl2N3O3/c1-26-15-5-3-2-4-14(15)22-16(24)6-7-23-10-21-17-12(18(23)25)8-11(19)9-13(17)20/h2-5,8-10H,6-7H2,1H3,(H,22,24). The SMILES string of the molecule is COc1ccccc1NC(=O)CCn1cnc2c(Cl)cc(Cl)cc2c1=O. The van der Waals surface area contributed by atoms with Crippen LogP contribution in [0.25, 0.3) is 10.9 Å². The summed E-state index contributed by atoms with van der Waals surface area (Å²) in [7, 11) is 1.53. The van der Waals surface area contributed by atoms with Crippen molar-refractivity contribution in [1.29, 1.82) is 0 Å². The number of amides is 1. The summed E-state index contributed by atoms with van der Waals surface area (Å²) in [4.78, 5) is 28.9. The van der Waals surface area contributed by atoms with Crippen LogP contribution in [0.15, 0.2) is 47.5 Å². The Morgan fingerprint density at radius 2 is 2.04 bits per heavy atom. The van der Waals surface area contributed by atoms with E-state index in [-0.39, 0.29) is 24.4 Å². The zero-order valence-corrected chi connectivity index (χ0v) is 15.3. The monoisotopic (exact) mass is 391 g/mol. The van der Waals surface area contributed by atoms with Crippen molar-refractivity contribution in [3.63, 3.8) is 0 Å². The van der Waals surface area contributed by atoms with Crippen LogP contribution in [0.2, 0.25) is 10.0 Å². The number of nitrogens with zero attached hydrogens (tertiary/aromatic N) is 2. The highest BCUT2D eigenvalue weighted by atomic mass is 35.5. The number of para-hydroxylation sites is 2. The number of benzene rings is 2. The minimum atomic E-state index is -0.301. The first-order valence-electron chi connectivity index (χ1n) is 7.76. The van der Waals surface area contributed by atoms with Gasteiger partial charge in [-0.3, -0.25) is 14.2 Å². The van der Waals surface area contributed by atoms with Crippen LogP contribution >= 0.6 is 23.2 Å². The molecule has 0 aliphatic heterocycles. The van der Waals surface area contributed by atoms with Gasteiger partial charge in [-0.15, -0.1) is 0 Å². The number of carbonyl (C=O) groups is 1. The lowest BCUT2D eigenvalue weighted by Gasteiger charge is -2.11. The molecule has 0 saturated heterocycles. The molecule has 134 valence electrons. The van der Waals surface area contributed by atoms with Crippen LogP contribution in [-0.4, -0.2) is 22.6 Å². The first kappa shape index (κ1) is 18.2. The predicted molar refractivity (Wildman–Crippen MR) is 102 cm³/mol. The van der Waals surface area contributed by atoms with Crippen molar-refractivity contribution in [2.75, 3.05) is 12.4 Å². The number of nitrogens with one attached hydrogen (secondary N) is 1. The Bertz CT molecular complexity index is 1030. The van der Waals surface area contributed by atoms with E-state index in [1.54, 1.807) is 18.2 Å². The molecule has 0 radical (unpaired) electrons. The van der Waals surface area contributed by atoms with E-state index in [0.29, 0.717) is 32.4 Å². The molecule has 26 heavy (non-hydrogen) atoms. The molecule has 0 unspecified atom stereocenters. The van der Waals surface area contributed by atoms with Gasteiger partial charge in [-0.1, -0.05) is 35.3 Å². The Labute approximate surface area is 159 Å². The molecular weight excluding hydrogens is 377 g/mol. The van der Waals surface area contributed by atoms with E-state index in [1.807, 2.05) is 6.07 Å².